The van der Waals surface area contributed by atoms with Crippen molar-refractivity contribution in [3.8, 4) is 0 Å². The van der Waals surface area contributed by atoms with E-state index in [1.165, 1.54) is 31.4 Å². The van der Waals surface area contributed by atoms with Crippen molar-refractivity contribution in [1.29, 1.82) is 0 Å². The predicted octanol–water partition coefficient (Wildman–Crippen LogP) is 2.84. The second-order valence-corrected chi connectivity index (χ2v) is 5.47. The quantitative estimate of drug-likeness (QED) is 0.523. The second kappa shape index (κ2) is 9.08. The summed E-state index contributed by atoms with van der Waals surface area (Å²) in [5.41, 5.74) is 0. The summed E-state index contributed by atoms with van der Waals surface area (Å²) >= 11 is 1.94. The molecule has 2 nitrogen and oxygen atoms in total. The molecule has 1 rings (SSSR count). The molecule has 1 aliphatic heterocycles. The zero-order valence-corrected chi connectivity index (χ0v) is 11.2. The van der Waals surface area contributed by atoms with Gasteiger partial charge in [0.25, 0.3) is 0 Å². The SMILES string of the molecule is C=CCSCCNC1CCOC(CCC)C1. The number of ether oxygens (including phenoxy) is 1. The Kier molecular flexibility index (Phi) is 7.99. The lowest BCUT2D eigenvalue weighted by Gasteiger charge is -2.30. The third-order valence-electron chi connectivity index (χ3n) is 2.89. The summed E-state index contributed by atoms with van der Waals surface area (Å²) < 4.78 is 5.73. The van der Waals surface area contributed by atoms with Crippen molar-refractivity contribution in [3.05, 3.63) is 12.7 Å². The van der Waals surface area contributed by atoms with Gasteiger partial charge in [0.05, 0.1) is 6.10 Å². The molecule has 2 unspecified atom stereocenters. The molecule has 0 spiro atoms. The standard InChI is InChI=1S/C13H25NOS/c1-3-5-13-11-12(6-8-15-13)14-7-10-16-9-4-2/h4,12-14H,2-3,5-11H2,1H3. The van der Waals surface area contributed by atoms with Crippen LogP contribution in [0, 0.1) is 0 Å². The van der Waals surface area contributed by atoms with Crippen LogP contribution >= 0.6 is 11.8 Å². The largest absolute Gasteiger partial charge is 0.378 e. The number of thioether (sulfide) groups is 1. The van der Waals surface area contributed by atoms with Crippen LogP contribution in [0.1, 0.15) is 32.6 Å². The van der Waals surface area contributed by atoms with Crippen LogP contribution in [0.2, 0.25) is 0 Å². The Morgan fingerprint density at radius 2 is 2.44 bits per heavy atom. The molecular formula is C13H25NOS. The summed E-state index contributed by atoms with van der Waals surface area (Å²) in [6.07, 6.45) is 7.27. The third kappa shape index (κ3) is 5.92. The summed E-state index contributed by atoms with van der Waals surface area (Å²) in [5, 5.41) is 3.63. The topological polar surface area (TPSA) is 21.3 Å². The van der Waals surface area contributed by atoms with Crippen LogP contribution in [-0.4, -0.2) is 36.8 Å². The summed E-state index contributed by atoms with van der Waals surface area (Å²) in [4.78, 5) is 0. The number of hydrogen-bond donors (Lipinski definition) is 1. The first-order valence-electron chi connectivity index (χ1n) is 6.40. The third-order valence-corrected chi connectivity index (χ3v) is 3.86. The molecule has 0 saturated carbocycles. The van der Waals surface area contributed by atoms with Gasteiger partial charge in [-0.05, 0) is 19.3 Å². The molecule has 3 heteroatoms. The fourth-order valence-electron chi connectivity index (χ4n) is 2.09. The molecule has 0 aromatic rings. The van der Waals surface area contributed by atoms with E-state index in [4.69, 9.17) is 4.74 Å². The Hall–Kier alpha value is 0.01000. The molecule has 0 bridgehead atoms. The number of rotatable bonds is 8. The normalized spacial score (nSPS) is 25.6. The minimum Gasteiger partial charge on any atom is -0.378 e. The molecule has 0 amide bonds. The summed E-state index contributed by atoms with van der Waals surface area (Å²) in [5.74, 6) is 2.25. The smallest absolute Gasteiger partial charge is 0.0589 e. The van der Waals surface area contributed by atoms with Crippen molar-refractivity contribution in [2.24, 2.45) is 0 Å². The van der Waals surface area contributed by atoms with Gasteiger partial charge in [0.1, 0.15) is 0 Å². The van der Waals surface area contributed by atoms with Crippen LogP contribution in [0.5, 0.6) is 0 Å². The Labute approximate surface area is 104 Å². The number of hydrogen-bond acceptors (Lipinski definition) is 3. The highest BCUT2D eigenvalue weighted by atomic mass is 32.2. The van der Waals surface area contributed by atoms with Crippen LogP contribution in [0.15, 0.2) is 12.7 Å². The molecule has 16 heavy (non-hydrogen) atoms. The van der Waals surface area contributed by atoms with E-state index >= 15 is 0 Å². The van der Waals surface area contributed by atoms with Gasteiger partial charge in [-0.1, -0.05) is 19.4 Å². The van der Waals surface area contributed by atoms with Crippen molar-refractivity contribution in [1.82, 2.24) is 5.32 Å². The average molecular weight is 243 g/mol. The van der Waals surface area contributed by atoms with E-state index in [-0.39, 0.29) is 0 Å². The van der Waals surface area contributed by atoms with Gasteiger partial charge in [-0.25, -0.2) is 0 Å². The van der Waals surface area contributed by atoms with E-state index in [0.717, 1.165) is 18.9 Å². The van der Waals surface area contributed by atoms with Crippen molar-refractivity contribution in [3.63, 3.8) is 0 Å². The van der Waals surface area contributed by atoms with Gasteiger partial charge in [0.2, 0.25) is 0 Å². The maximum Gasteiger partial charge on any atom is 0.0589 e. The minimum atomic E-state index is 0.497. The van der Waals surface area contributed by atoms with Gasteiger partial charge < -0.3 is 10.1 Å². The van der Waals surface area contributed by atoms with Gasteiger partial charge in [-0.2, -0.15) is 11.8 Å². The van der Waals surface area contributed by atoms with Gasteiger partial charge in [0, 0.05) is 30.7 Å². The minimum absolute atomic E-state index is 0.497. The summed E-state index contributed by atoms with van der Waals surface area (Å²) in [7, 11) is 0. The van der Waals surface area contributed by atoms with E-state index in [1.54, 1.807) is 0 Å². The van der Waals surface area contributed by atoms with E-state index < -0.39 is 0 Å². The Balaban J connectivity index is 2.04. The maximum absolute atomic E-state index is 5.73. The van der Waals surface area contributed by atoms with Crippen molar-refractivity contribution < 1.29 is 4.74 Å². The Bertz CT molecular complexity index is 185. The van der Waals surface area contributed by atoms with E-state index in [0.29, 0.717) is 12.1 Å². The van der Waals surface area contributed by atoms with Gasteiger partial charge in [0.15, 0.2) is 0 Å². The van der Waals surface area contributed by atoms with Crippen LogP contribution in [-0.2, 0) is 4.74 Å². The molecule has 94 valence electrons. The molecule has 0 radical (unpaired) electrons. The van der Waals surface area contributed by atoms with Gasteiger partial charge in [-0.15, -0.1) is 6.58 Å². The van der Waals surface area contributed by atoms with Crippen LogP contribution in [0.3, 0.4) is 0 Å². The second-order valence-electron chi connectivity index (χ2n) is 4.32. The highest BCUT2D eigenvalue weighted by Crippen LogP contribution is 2.17. The van der Waals surface area contributed by atoms with Crippen LogP contribution in [0.4, 0.5) is 0 Å². The van der Waals surface area contributed by atoms with Gasteiger partial charge >= 0.3 is 0 Å². The molecule has 1 saturated heterocycles. The zero-order chi connectivity index (χ0) is 11.6. The average Bonchev–Trinajstić information content (AvgIpc) is 2.30. The summed E-state index contributed by atoms with van der Waals surface area (Å²) in [6.45, 7) is 8.00. The lowest BCUT2D eigenvalue weighted by Crippen LogP contribution is -2.39. The Morgan fingerprint density at radius 1 is 1.56 bits per heavy atom. The van der Waals surface area contributed by atoms with E-state index in [9.17, 15) is 0 Å². The first-order chi connectivity index (χ1) is 7.86. The fourth-order valence-corrected chi connectivity index (χ4v) is 2.69. The molecular weight excluding hydrogens is 218 g/mol. The van der Waals surface area contributed by atoms with E-state index in [1.807, 2.05) is 17.8 Å². The van der Waals surface area contributed by atoms with E-state index in [2.05, 4.69) is 18.8 Å². The lowest BCUT2D eigenvalue weighted by molar-refractivity contribution is -0.00277. The zero-order valence-electron chi connectivity index (χ0n) is 10.4. The lowest BCUT2D eigenvalue weighted by atomic mass is 10.0. The van der Waals surface area contributed by atoms with Crippen LogP contribution in [0.25, 0.3) is 0 Å². The van der Waals surface area contributed by atoms with Crippen molar-refractivity contribution in [2.45, 2.75) is 44.8 Å². The molecule has 1 N–H and O–H groups in total. The molecule has 1 aliphatic rings. The molecule has 0 aliphatic carbocycles. The molecule has 2 atom stereocenters. The molecule has 1 fully saturated rings. The number of nitrogens with one attached hydrogen (secondary N) is 1. The van der Waals surface area contributed by atoms with Crippen LogP contribution < -0.4 is 5.32 Å². The Morgan fingerprint density at radius 3 is 3.19 bits per heavy atom. The van der Waals surface area contributed by atoms with Crippen molar-refractivity contribution in [2.75, 3.05) is 24.7 Å². The monoisotopic (exact) mass is 243 g/mol. The first-order valence-corrected chi connectivity index (χ1v) is 7.56. The highest BCUT2D eigenvalue weighted by Gasteiger charge is 2.20. The molecule has 0 aromatic carbocycles. The molecule has 0 aromatic heterocycles. The summed E-state index contributed by atoms with van der Waals surface area (Å²) in [6, 6.07) is 0.676. The highest BCUT2D eigenvalue weighted by molar-refractivity contribution is 7.99. The molecule has 1 heterocycles. The first kappa shape index (κ1) is 14.1. The van der Waals surface area contributed by atoms with Crippen molar-refractivity contribution >= 4 is 11.8 Å². The predicted molar refractivity (Wildman–Crippen MR) is 73.2 cm³/mol. The maximum atomic E-state index is 5.73. The van der Waals surface area contributed by atoms with Gasteiger partial charge in [-0.3, -0.25) is 0 Å². The fraction of sp³-hybridized carbons (Fsp3) is 0.846.